The third kappa shape index (κ3) is 3.58. The number of aliphatic hydroxyl groups is 1. The number of H-pyrrole nitrogens is 1. The maximum atomic E-state index is 10.2. The summed E-state index contributed by atoms with van der Waals surface area (Å²) in [7, 11) is 0. The highest BCUT2D eigenvalue weighted by Crippen LogP contribution is 2.29. The number of nitrogens with one attached hydrogen (secondary N) is 1. The zero-order valence-electron chi connectivity index (χ0n) is 12.2. The van der Waals surface area contributed by atoms with Gasteiger partial charge in [0.2, 0.25) is 0 Å². The SMILES string of the molecule is OC(CC1CCCC1)CN1CCC(c2ncn[nH]2)CC1. The van der Waals surface area contributed by atoms with E-state index in [1.807, 2.05) is 0 Å². The van der Waals surface area contributed by atoms with Gasteiger partial charge in [0, 0.05) is 12.5 Å². The lowest BCUT2D eigenvalue weighted by atomic mass is 9.95. The van der Waals surface area contributed by atoms with Gasteiger partial charge in [-0.25, -0.2) is 4.98 Å². The van der Waals surface area contributed by atoms with Crippen LogP contribution in [0.5, 0.6) is 0 Å². The van der Waals surface area contributed by atoms with Gasteiger partial charge in [-0.15, -0.1) is 0 Å². The Morgan fingerprint density at radius 1 is 1.25 bits per heavy atom. The largest absolute Gasteiger partial charge is 0.392 e. The summed E-state index contributed by atoms with van der Waals surface area (Å²) in [6.07, 6.45) is 10.1. The number of β-amino-alcohol motifs (C(OH)–C–C–N with tert-alkyl or cyclic N) is 1. The Morgan fingerprint density at radius 2 is 2.00 bits per heavy atom. The van der Waals surface area contributed by atoms with Crippen LogP contribution in [0, 0.1) is 5.92 Å². The minimum atomic E-state index is -0.139. The number of aromatic nitrogens is 3. The van der Waals surface area contributed by atoms with E-state index in [0.717, 1.165) is 50.6 Å². The average Bonchev–Trinajstić information content (AvgIpc) is 3.12. The molecule has 1 saturated heterocycles. The van der Waals surface area contributed by atoms with Gasteiger partial charge in [-0.3, -0.25) is 5.10 Å². The highest BCUT2D eigenvalue weighted by Gasteiger charge is 2.25. The number of aliphatic hydroxyl groups excluding tert-OH is 1. The van der Waals surface area contributed by atoms with Crippen molar-refractivity contribution >= 4 is 0 Å². The molecule has 20 heavy (non-hydrogen) atoms. The van der Waals surface area contributed by atoms with Gasteiger partial charge < -0.3 is 10.0 Å². The summed E-state index contributed by atoms with van der Waals surface area (Å²) in [5.74, 6) is 2.31. The van der Waals surface area contributed by atoms with Crippen molar-refractivity contribution in [2.75, 3.05) is 19.6 Å². The molecule has 0 radical (unpaired) electrons. The lowest BCUT2D eigenvalue weighted by Gasteiger charge is -2.32. The second kappa shape index (κ2) is 6.68. The number of nitrogens with zero attached hydrogens (tertiary/aromatic N) is 3. The molecular formula is C15H26N4O. The van der Waals surface area contributed by atoms with Gasteiger partial charge in [0.1, 0.15) is 12.2 Å². The van der Waals surface area contributed by atoms with Crippen molar-refractivity contribution in [1.82, 2.24) is 20.1 Å². The first-order valence-electron chi connectivity index (χ1n) is 8.07. The van der Waals surface area contributed by atoms with Crippen molar-refractivity contribution < 1.29 is 5.11 Å². The number of likely N-dealkylation sites (tertiary alicyclic amines) is 1. The van der Waals surface area contributed by atoms with Crippen LogP contribution in [-0.4, -0.2) is 50.9 Å². The van der Waals surface area contributed by atoms with E-state index in [-0.39, 0.29) is 6.10 Å². The first-order chi connectivity index (χ1) is 9.81. The van der Waals surface area contributed by atoms with Crippen LogP contribution >= 0.6 is 0 Å². The standard InChI is InChI=1S/C15H26N4O/c20-14(9-12-3-1-2-4-12)10-19-7-5-13(6-8-19)15-16-11-17-18-15/h11-14,20H,1-10H2,(H,16,17,18). The number of hydrogen-bond acceptors (Lipinski definition) is 4. The second-order valence-electron chi connectivity index (χ2n) is 6.49. The van der Waals surface area contributed by atoms with E-state index in [2.05, 4.69) is 20.1 Å². The van der Waals surface area contributed by atoms with Crippen LogP contribution in [0.1, 0.15) is 56.7 Å². The first kappa shape index (κ1) is 14.0. The van der Waals surface area contributed by atoms with E-state index in [1.165, 1.54) is 25.7 Å². The molecule has 1 aliphatic carbocycles. The molecule has 1 saturated carbocycles. The van der Waals surface area contributed by atoms with Crippen molar-refractivity contribution in [3.8, 4) is 0 Å². The summed E-state index contributed by atoms with van der Waals surface area (Å²) in [5, 5.41) is 17.2. The molecule has 2 fully saturated rings. The van der Waals surface area contributed by atoms with Crippen LogP contribution < -0.4 is 0 Å². The molecule has 0 spiro atoms. The van der Waals surface area contributed by atoms with E-state index >= 15 is 0 Å². The topological polar surface area (TPSA) is 65.0 Å². The van der Waals surface area contributed by atoms with E-state index in [4.69, 9.17) is 0 Å². The summed E-state index contributed by atoms with van der Waals surface area (Å²) in [6.45, 7) is 2.97. The third-order valence-electron chi connectivity index (χ3n) is 4.96. The predicted octanol–water partition coefficient (Wildman–Crippen LogP) is 1.93. The molecule has 5 nitrogen and oxygen atoms in total. The van der Waals surface area contributed by atoms with Crippen LogP contribution in [0.15, 0.2) is 6.33 Å². The highest BCUT2D eigenvalue weighted by atomic mass is 16.3. The Hall–Kier alpha value is -0.940. The van der Waals surface area contributed by atoms with Crippen LogP contribution in [0.2, 0.25) is 0 Å². The van der Waals surface area contributed by atoms with Gasteiger partial charge in [0.15, 0.2) is 0 Å². The minimum Gasteiger partial charge on any atom is -0.392 e. The molecule has 2 N–H and O–H groups in total. The Labute approximate surface area is 120 Å². The number of rotatable bonds is 5. The highest BCUT2D eigenvalue weighted by molar-refractivity contribution is 4.96. The summed E-state index contributed by atoms with van der Waals surface area (Å²) in [4.78, 5) is 6.67. The molecule has 3 rings (SSSR count). The molecule has 1 aromatic heterocycles. The zero-order valence-corrected chi connectivity index (χ0v) is 12.2. The molecule has 1 aliphatic heterocycles. The Bertz CT molecular complexity index is 381. The molecule has 0 bridgehead atoms. The van der Waals surface area contributed by atoms with E-state index in [9.17, 15) is 5.11 Å². The monoisotopic (exact) mass is 278 g/mol. The average molecular weight is 278 g/mol. The fraction of sp³-hybridized carbons (Fsp3) is 0.867. The smallest absolute Gasteiger partial charge is 0.137 e. The molecule has 2 aliphatic rings. The van der Waals surface area contributed by atoms with E-state index in [1.54, 1.807) is 6.33 Å². The Kier molecular flexibility index (Phi) is 4.68. The van der Waals surface area contributed by atoms with Gasteiger partial charge in [0.05, 0.1) is 6.10 Å². The van der Waals surface area contributed by atoms with Crippen molar-refractivity contribution in [3.05, 3.63) is 12.2 Å². The van der Waals surface area contributed by atoms with Crippen molar-refractivity contribution in [3.63, 3.8) is 0 Å². The van der Waals surface area contributed by atoms with Crippen LogP contribution in [0.3, 0.4) is 0 Å². The van der Waals surface area contributed by atoms with Crippen molar-refractivity contribution in [2.45, 2.75) is 57.0 Å². The lowest BCUT2D eigenvalue weighted by molar-refractivity contribution is 0.0787. The van der Waals surface area contributed by atoms with Crippen LogP contribution in [0.25, 0.3) is 0 Å². The van der Waals surface area contributed by atoms with E-state index < -0.39 is 0 Å². The lowest BCUT2D eigenvalue weighted by Crippen LogP contribution is -2.39. The molecule has 0 amide bonds. The predicted molar refractivity (Wildman–Crippen MR) is 77.4 cm³/mol. The maximum absolute atomic E-state index is 10.2. The number of hydrogen-bond donors (Lipinski definition) is 2. The molecule has 5 heteroatoms. The molecule has 2 heterocycles. The summed E-state index contributed by atoms with van der Waals surface area (Å²) in [6, 6.07) is 0. The molecule has 1 unspecified atom stereocenters. The fourth-order valence-corrected chi connectivity index (χ4v) is 3.80. The Morgan fingerprint density at radius 3 is 2.65 bits per heavy atom. The number of aromatic amines is 1. The zero-order chi connectivity index (χ0) is 13.8. The van der Waals surface area contributed by atoms with Gasteiger partial charge in [-0.2, -0.15) is 5.10 Å². The third-order valence-corrected chi connectivity index (χ3v) is 4.96. The summed E-state index contributed by atoms with van der Waals surface area (Å²) >= 11 is 0. The molecule has 1 atom stereocenters. The quantitative estimate of drug-likeness (QED) is 0.863. The minimum absolute atomic E-state index is 0.139. The molecular weight excluding hydrogens is 252 g/mol. The Balaban J connectivity index is 1.39. The van der Waals surface area contributed by atoms with E-state index in [0.29, 0.717) is 5.92 Å². The van der Waals surface area contributed by atoms with Crippen LogP contribution in [0.4, 0.5) is 0 Å². The molecule has 112 valence electrons. The van der Waals surface area contributed by atoms with Gasteiger partial charge >= 0.3 is 0 Å². The van der Waals surface area contributed by atoms with Crippen LogP contribution in [-0.2, 0) is 0 Å². The molecule has 0 aromatic carbocycles. The summed E-state index contributed by atoms with van der Waals surface area (Å²) in [5.41, 5.74) is 0. The normalized spacial score (nSPS) is 24.2. The fourth-order valence-electron chi connectivity index (χ4n) is 3.80. The maximum Gasteiger partial charge on any atom is 0.137 e. The van der Waals surface area contributed by atoms with Gasteiger partial charge in [-0.1, -0.05) is 25.7 Å². The second-order valence-corrected chi connectivity index (χ2v) is 6.49. The van der Waals surface area contributed by atoms with Crippen molar-refractivity contribution in [1.29, 1.82) is 0 Å². The molecule has 1 aromatic rings. The number of piperidine rings is 1. The van der Waals surface area contributed by atoms with Crippen molar-refractivity contribution in [2.24, 2.45) is 5.92 Å². The van der Waals surface area contributed by atoms with Gasteiger partial charge in [-0.05, 0) is 38.3 Å². The summed E-state index contributed by atoms with van der Waals surface area (Å²) < 4.78 is 0. The first-order valence-corrected chi connectivity index (χ1v) is 8.07. The van der Waals surface area contributed by atoms with Gasteiger partial charge in [0.25, 0.3) is 0 Å².